The highest BCUT2D eigenvalue weighted by Crippen LogP contribution is 2.26. The topological polar surface area (TPSA) is 15.3 Å². The van der Waals surface area contributed by atoms with Gasteiger partial charge in [0.1, 0.15) is 0 Å². The average molecular weight is 278 g/mol. The van der Waals surface area contributed by atoms with Gasteiger partial charge in [0.2, 0.25) is 0 Å². The van der Waals surface area contributed by atoms with E-state index in [9.17, 15) is 0 Å². The van der Waals surface area contributed by atoms with Crippen molar-refractivity contribution in [2.75, 3.05) is 30.8 Å². The van der Waals surface area contributed by atoms with Gasteiger partial charge in [-0.2, -0.15) is 0 Å². The monoisotopic (exact) mass is 278 g/mol. The summed E-state index contributed by atoms with van der Waals surface area (Å²) in [6.45, 7) is 8.10. The molecule has 0 radical (unpaired) electrons. The number of nitrogens with one attached hydrogen (secondary N) is 1. The molecule has 1 N–H and O–H groups in total. The molecule has 0 aliphatic carbocycles. The molecular formula is C16H26N2S. The first kappa shape index (κ1) is 14.7. The normalized spacial score (nSPS) is 23.6. The third kappa shape index (κ3) is 3.90. The van der Waals surface area contributed by atoms with Gasteiger partial charge in [-0.15, -0.1) is 11.8 Å². The number of nitrogens with zero attached hydrogens (tertiary/aromatic N) is 1. The van der Waals surface area contributed by atoms with E-state index in [0.717, 1.165) is 12.5 Å². The maximum Gasteiger partial charge on any atom is 0.0377 e. The van der Waals surface area contributed by atoms with Crippen LogP contribution in [0.5, 0.6) is 0 Å². The summed E-state index contributed by atoms with van der Waals surface area (Å²) in [6.07, 6.45) is 4.62. The molecule has 0 saturated carbocycles. The van der Waals surface area contributed by atoms with Crippen LogP contribution in [0.2, 0.25) is 0 Å². The molecule has 1 saturated heterocycles. The van der Waals surface area contributed by atoms with Crippen LogP contribution in [0.25, 0.3) is 0 Å². The third-order valence-electron chi connectivity index (χ3n) is 3.98. The van der Waals surface area contributed by atoms with Crippen molar-refractivity contribution >= 4 is 17.4 Å². The van der Waals surface area contributed by atoms with E-state index in [1.54, 1.807) is 0 Å². The van der Waals surface area contributed by atoms with Crippen molar-refractivity contribution in [3.8, 4) is 0 Å². The lowest BCUT2D eigenvalue weighted by Crippen LogP contribution is -2.48. The second-order valence-corrected chi connectivity index (χ2v) is 6.35. The van der Waals surface area contributed by atoms with Crippen LogP contribution in [0.4, 0.5) is 5.69 Å². The molecule has 3 heteroatoms. The number of piperidine rings is 1. The molecular weight excluding hydrogens is 252 g/mol. The van der Waals surface area contributed by atoms with Crippen LogP contribution in [-0.2, 0) is 0 Å². The number of thioether (sulfide) groups is 1. The first-order valence-electron chi connectivity index (χ1n) is 7.37. The zero-order valence-electron chi connectivity index (χ0n) is 12.4. The van der Waals surface area contributed by atoms with Gasteiger partial charge in [-0.25, -0.2) is 0 Å². The van der Waals surface area contributed by atoms with E-state index in [-0.39, 0.29) is 0 Å². The highest BCUT2D eigenvalue weighted by atomic mass is 32.2. The van der Waals surface area contributed by atoms with Crippen LogP contribution in [0.15, 0.2) is 29.2 Å². The molecule has 2 nitrogen and oxygen atoms in total. The molecule has 1 heterocycles. The minimum atomic E-state index is 0.694. The predicted molar refractivity (Wildman–Crippen MR) is 86.3 cm³/mol. The lowest BCUT2D eigenvalue weighted by Gasteiger charge is -2.39. The molecule has 1 aromatic carbocycles. The minimum absolute atomic E-state index is 0.694. The summed E-state index contributed by atoms with van der Waals surface area (Å²) in [5.41, 5.74) is 1.38. The van der Waals surface area contributed by atoms with Crippen LogP contribution >= 0.6 is 11.8 Å². The van der Waals surface area contributed by atoms with Gasteiger partial charge in [-0.1, -0.05) is 19.9 Å². The lowest BCUT2D eigenvalue weighted by molar-refractivity contribution is 0.322. The molecule has 0 amide bonds. The van der Waals surface area contributed by atoms with Gasteiger partial charge in [0.05, 0.1) is 0 Å². The molecule has 2 rings (SSSR count). The van der Waals surface area contributed by atoms with E-state index in [1.165, 1.54) is 36.5 Å². The zero-order chi connectivity index (χ0) is 13.7. The Hall–Kier alpha value is -0.670. The number of rotatable bonds is 5. The van der Waals surface area contributed by atoms with Crippen molar-refractivity contribution < 1.29 is 0 Å². The predicted octanol–water partition coefficient (Wildman–Crippen LogP) is 3.62. The van der Waals surface area contributed by atoms with Gasteiger partial charge in [0, 0.05) is 29.7 Å². The molecule has 2 unspecified atom stereocenters. The van der Waals surface area contributed by atoms with Gasteiger partial charge in [0.15, 0.2) is 0 Å². The first-order chi connectivity index (χ1) is 9.24. The van der Waals surface area contributed by atoms with Crippen LogP contribution in [0.1, 0.15) is 26.7 Å². The quantitative estimate of drug-likeness (QED) is 0.828. The van der Waals surface area contributed by atoms with E-state index in [4.69, 9.17) is 0 Å². The van der Waals surface area contributed by atoms with Crippen molar-refractivity contribution in [3.05, 3.63) is 24.3 Å². The number of hydrogen-bond donors (Lipinski definition) is 1. The first-order valence-corrected chi connectivity index (χ1v) is 8.59. The Morgan fingerprint density at radius 1 is 1.42 bits per heavy atom. The molecule has 1 fully saturated rings. The van der Waals surface area contributed by atoms with Crippen molar-refractivity contribution in [1.29, 1.82) is 0 Å². The van der Waals surface area contributed by atoms with E-state index >= 15 is 0 Å². The van der Waals surface area contributed by atoms with Crippen molar-refractivity contribution in [3.63, 3.8) is 0 Å². The summed E-state index contributed by atoms with van der Waals surface area (Å²) in [7, 11) is 0. The third-order valence-corrected chi connectivity index (χ3v) is 4.71. The number of benzene rings is 1. The van der Waals surface area contributed by atoms with E-state index in [1.807, 2.05) is 11.8 Å². The fraction of sp³-hybridized carbons (Fsp3) is 0.625. The average Bonchev–Trinajstić information content (AvgIpc) is 2.46. The summed E-state index contributed by atoms with van der Waals surface area (Å²) in [4.78, 5) is 3.89. The van der Waals surface area contributed by atoms with Crippen molar-refractivity contribution in [2.45, 2.75) is 37.6 Å². The molecule has 1 aliphatic rings. The Balaban J connectivity index is 1.97. The summed E-state index contributed by atoms with van der Waals surface area (Å²) < 4.78 is 0. The van der Waals surface area contributed by atoms with Crippen molar-refractivity contribution in [1.82, 2.24) is 5.32 Å². The Morgan fingerprint density at radius 3 is 2.95 bits per heavy atom. The fourth-order valence-corrected chi connectivity index (χ4v) is 3.27. The minimum Gasteiger partial charge on any atom is -0.371 e. The number of anilines is 1. The molecule has 0 bridgehead atoms. The van der Waals surface area contributed by atoms with Gasteiger partial charge in [-0.05, 0) is 49.8 Å². The van der Waals surface area contributed by atoms with E-state index < -0.39 is 0 Å². The lowest BCUT2D eigenvalue weighted by atomic mass is 9.93. The molecule has 1 aromatic rings. The van der Waals surface area contributed by atoms with Gasteiger partial charge in [-0.3, -0.25) is 0 Å². The summed E-state index contributed by atoms with van der Waals surface area (Å²) in [5.74, 6) is 0.721. The molecule has 1 aliphatic heterocycles. The fourth-order valence-electron chi connectivity index (χ4n) is 2.82. The summed E-state index contributed by atoms with van der Waals surface area (Å²) in [6, 6.07) is 9.61. The van der Waals surface area contributed by atoms with Gasteiger partial charge >= 0.3 is 0 Å². The maximum atomic E-state index is 3.68. The summed E-state index contributed by atoms with van der Waals surface area (Å²) in [5, 5.41) is 3.68. The van der Waals surface area contributed by atoms with Gasteiger partial charge in [0.25, 0.3) is 0 Å². The van der Waals surface area contributed by atoms with Crippen LogP contribution in [0.3, 0.4) is 0 Å². The van der Waals surface area contributed by atoms with Crippen LogP contribution in [-0.4, -0.2) is 31.9 Å². The molecule has 106 valence electrons. The smallest absolute Gasteiger partial charge is 0.0377 e. The zero-order valence-corrected chi connectivity index (χ0v) is 13.2. The van der Waals surface area contributed by atoms with Crippen LogP contribution < -0.4 is 10.2 Å². The highest BCUT2D eigenvalue weighted by Gasteiger charge is 2.25. The second kappa shape index (κ2) is 7.20. The standard InChI is InChI=1S/C16H26N2S/c1-4-9-17-16-8-10-18(12-13(16)2)14-6-5-7-15(11-14)19-3/h5-7,11,13,16-17H,4,8-10,12H2,1-3H3. The second-order valence-electron chi connectivity index (χ2n) is 5.47. The largest absolute Gasteiger partial charge is 0.371 e. The van der Waals surface area contributed by atoms with E-state index in [2.05, 4.69) is 54.6 Å². The van der Waals surface area contributed by atoms with E-state index in [0.29, 0.717) is 6.04 Å². The molecule has 0 aromatic heterocycles. The highest BCUT2D eigenvalue weighted by molar-refractivity contribution is 7.98. The Labute approximate surface area is 122 Å². The molecule has 2 atom stereocenters. The number of hydrogen-bond acceptors (Lipinski definition) is 3. The molecule has 0 spiro atoms. The Bertz CT molecular complexity index is 394. The summed E-state index contributed by atoms with van der Waals surface area (Å²) >= 11 is 1.82. The van der Waals surface area contributed by atoms with Crippen LogP contribution in [0, 0.1) is 5.92 Å². The SMILES string of the molecule is CCCNC1CCN(c2cccc(SC)c2)CC1C. The van der Waals surface area contributed by atoms with Gasteiger partial charge < -0.3 is 10.2 Å². The Kier molecular flexibility index (Phi) is 5.59. The molecule has 19 heavy (non-hydrogen) atoms. The Morgan fingerprint density at radius 2 is 2.26 bits per heavy atom. The van der Waals surface area contributed by atoms with Crippen molar-refractivity contribution in [2.24, 2.45) is 5.92 Å². The maximum absolute atomic E-state index is 3.68.